The molecule has 4 rings (SSSR count). The molecule has 0 saturated carbocycles. The van der Waals surface area contributed by atoms with Gasteiger partial charge >= 0.3 is 0 Å². The van der Waals surface area contributed by atoms with E-state index >= 15 is 0 Å². The van der Waals surface area contributed by atoms with E-state index in [1.807, 2.05) is 0 Å². The largest absolute Gasteiger partial charge is 0.344 e. The average molecular weight is 318 g/mol. The average Bonchev–Trinajstić information content (AvgIpc) is 2.76. The number of nitrogens with zero attached hydrogens (tertiary/aromatic N) is 1. The quantitative estimate of drug-likeness (QED) is 0.709. The Morgan fingerprint density at radius 1 is 1.04 bits per heavy atom. The molecule has 1 atom stereocenters. The van der Waals surface area contributed by atoms with Crippen molar-refractivity contribution in [1.29, 1.82) is 0 Å². The van der Waals surface area contributed by atoms with Crippen LogP contribution in [-0.2, 0) is 25.8 Å². The Morgan fingerprint density at radius 3 is 2.62 bits per heavy atom. The maximum absolute atomic E-state index is 6.55. The molecule has 0 saturated heterocycles. The highest BCUT2D eigenvalue weighted by atomic mass is 15.0. The number of benzene rings is 2. The minimum atomic E-state index is -0.0837. The first-order chi connectivity index (χ1) is 11.6. The van der Waals surface area contributed by atoms with E-state index in [-0.39, 0.29) is 5.54 Å². The van der Waals surface area contributed by atoms with Gasteiger partial charge in [-0.05, 0) is 56.2 Å². The van der Waals surface area contributed by atoms with Crippen LogP contribution in [0.2, 0.25) is 0 Å². The maximum atomic E-state index is 6.55. The molecule has 0 fully saturated rings. The summed E-state index contributed by atoms with van der Waals surface area (Å²) in [5, 5.41) is 1.40. The molecule has 0 spiro atoms. The second kappa shape index (κ2) is 6.10. The Kier molecular flexibility index (Phi) is 3.93. The number of hydrogen-bond acceptors (Lipinski definition) is 1. The summed E-state index contributed by atoms with van der Waals surface area (Å²) in [6.07, 6.45) is 5.50. The molecule has 2 nitrogen and oxygen atoms in total. The third-order valence-electron chi connectivity index (χ3n) is 5.40. The number of rotatable bonds is 3. The lowest BCUT2D eigenvalue weighted by Crippen LogP contribution is -2.37. The second-order valence-corrected chi connectivity index (χ2v) is 7.51. The fourth-order valence-corrected chi connectivity index (χ4v) is 4.20. The van der Waals surface area contributed by atoms with E-state index in [2.05, 4.69) is 66.1 Å². The van der Waals surface area contributed by atoms with E-state index < -0.39 is 0 Å². The van der Waals surface area contributed by atoms with Crippen LogP contribution in [0.25, 0.3) is 10.9 Å². The van der Waals surface area contributed by atoms with Crippen molar-refractivity contribution in [2.45, 2.75) is 51.1 Å². The molecule has 2 heteroatoms. The molecule has 1 unspecified atom stereocenters. The highest BCUT2D eigenvalue weighted by Gasteiger charge is 2.28. The molecule has 1 aromatic heterocycles. The zero-order valence-corrected chi connectivity index (χ0v) is 14.5. The van der Waals surface area contributed by atoms with E-state index in [4.69, 9.17) is 5.73 Å². The van der Waals surface area contributed by atoms with Crippen molar-refractivity contribution in [3.8, 4) is 0 Å². The molecular weight excluding hydrogens is 292 g/mol. The minimum absolute atomic E-state index is 0.0837. The van der Waals surface area contributed by atoms with Crippen LogP contribution >= 0.6 is 0 Å². The Morgan fingerprint density at radius 2 is 1.79 bits per heavy atom. The van der Waals surface area contributed by atoms with Crippen LogP contribution in [0, 0.1) is 0 Å². The summed E-state index contributed by atoms with van der Waals surface area (Å²) in [6, 6.07) is 19.6. The van der Waals surface area contributed by atoms with Gasteiger partial charge in [0.2, 0.25) is 0 Å². The number of aryl methyl sites for hydroxylation is 2. The highest BCUT2D eigenvalue weighted by Crippen LogP contribution is 2.34. The Bertz CT molecular complexity index is 843. The molecule has 0 amide bonds. The van der Waals surface area contributed by atoms with Crippen molar-refractivity contribution in [3.05, 3.63) is 71.4 Å². The van der Waals surface area contributed by atoms with Crippen molar-refractivity contribution >= 4 is 10.9 Å². The third kappa shape index (κ3) is 2.87. The van der Waals surface area contributed by atoms with Crippen molar-refractivity contribution in [2.24, 2.45) is 5.73 Å². The zero-order valence-electron chi connectivity index (χ0n) is 14.5. The molecule has 24 heavy (non-hydrogen) atoms. The third-order valence-corrected chi connectivity index (χ3v) is 5.40. The van der Waals surface area contributed by atoms with Crippen LogP contribution in [0.4, 0.5) is 0 Å². The van der Waals surface area contributed by atoms with Gasteiger partial charge in [-0.2, -0.15) is 0 Å². The van der Waals surface area contributed by atoms with E-state index in [9.17, 15) is 0 Å². The second-order valence-electron chi connectivity index (χ2n) is 7.51. The van der Waals surface area contributed by atoms with Crippen molar-refractivity contribution < 1.29 is 0 Å². The molecule has 1 aliphatic rings. The molecule has 3 aromatic rings. The first-order valence-electron chi connectivity index (χ1n) is 9.06. The van der Waals surface area contributed by atoms with Crippen LogP contribution in [0.1, 0.15) is 36.6 Å². The number of hydrogen-bond donors (Lipinski definition) is 1. The lowest BCUT2D eigenvalue weighted by molar-refractivity contribution is 0.429. The van der Waals surface area contributed by atoms with Crippen LogP contribution in [0.5, 0.6) is 0 Å². The van der Waals surface area contributed by atoms with Crippen LogP contribution < -0.4 is 5.73 Å². The molecule has 2 N–H and O–H groups in total. The van der Waals surface area contributed by atoms with Gasteiger partial charge in [0.15, 0.2) is 0 Å². The summed E-state index contributed by atoms with van der Waals surface area (Å²) >= 11 is 0. The van der Waals surface area contributed by atoms with Gasteiger partial charge in [-0.1, -0.05) is 48.5 Å². The van der Waals surface area contributed by atoms with E-state index in [0.717, 1.165) is 32.2 Å². The highest BCUT2D eigenvalue weighted by molar-refractivity contribution is 5.86. The fraction of sp³-hybridized carbons (Fsp3) is 0.364. The summed E-state index contributed by atoms with van der Waals surface area (Å²) in [5.74, 6) is 0. The monoisotopic (exact) mass is 318 g/mol. The Balaban J connectivity index is 1.76. The smallest absolute Gasteiger partial charge is 0.0485 e. The molecule has 0 aliphatic heterocycles. The number of aromatic nitrogens is 1. The van der Waals surface area contributed by atoms with Crippen molar-refractivity contribution in [2.75, 3.05) is 0 Å². The van der Waals surface area contributed by atoms with Gasteiger partial charge in [0.1, 0.15) is 0 Å². The van der Waals surface area contributed by atoms with Gasteiger partial charge in [0, 0.05) is 28.7 Å². The zero-order chi connectivity index (χ0) is 16.6. The normalized spacial score (nSPS) is 20.8. The SMILES string of the molecule is CC1(N)CCCc2c(c3ccccc3n2CCc2ccccc2)C1. The van der Waals surface area contributed by atoms with E-state index in [1.54, 1.807) is 0 Å². The molecule has 124 valence electrons. The van der Waals surface area contributed by atoms with Crippen LogP contribution in [0.3, 0.4) is 0 Å². The summed E-state index contributed by atoms with van der Waals surface area (Å²) < 4.78 is 2.55. The molecule has 1 heterocycles. The minimum Gasteiger partial charge on any atom is -0.344 e. The van der Waals surface area contributed by atoms with Gasteiger partial charge in [0.25, 0.3) is 0 Å². The van der Waals surface area contributed by atoms with Crippen molar-refractivity contribution in [3.63, 3.8) is 0 Å². The first kappa shape index (κ1) is 15.5. The van der Waals surface area contributed by atoms with Gasteiger partial charge < -0.3 is 10.3 Å². The van der Waals surface area contributed by atoms with Crippen LogP contribution in [-0.4, -0.2) is 10.1 Å². The lowest BCUT2D eigenvalue weighted by atomic mass is 9.91. The maximum Gasteiger partial charge on any atom is 0.0485 e. The van der Waals surface area contributed by atoms with Crippen molar-refractivity contribution in [1.82, 2.24) is 4.57 Å². The van der Waals surface area contributed by atoms with E-state index in [0.29, 0.717) is 0 Å². The van der Waals surface area contributed by atoms with Gasteiger partial charge in [-0.25, -0.2) is 0 Å². The van der Waals surface area contributed by atoms with Gasteiger partial charge in [-0.3, -0.25) is 0 Å². The summed E-state index contributed by atoms with van der Waals surface area (Å²) in [6.45, 7) is 3.25. The lowest BCUT2D eigenvalue weighted by Gasteiger charge is -2.22. The molecule has 0 radical (unpaired) electrons. The van der Waals surface area contributed by atoms with E-state index in [1.165, 1.54) is 34.1 Å². The fourth-order valence-electron chi connectivity index (χ4n) is 4.20. The Labute approximate surface area is 144 Å². The van der Waals surface area contributed by atoms with Gasteiger partial charge in [-0.15, -0.1) is 0 Å². The summed E-state index contributed by atoms with van der Waals surface area (Å²) in [5.41, 5.74) is 12.2. The first-order valence-corrected chi connectivity index (χ1v) is 9.06. The number of fused-ring (bicyclic) bond motifs is 3. The molecule has 2 aromatic carbocycles. The van der Waals surface area contributed by atoms with Crippen LogP contribution in [0.15, 0.2) is 54.6 Å². The Hall–Kier alpha value is -2.06. The predicted octanol–water partition coefficient (Wildman–Crippen LogP) is 4.48. The number of para-hydroxylation sites is 1. The topological polar surface area (TPSA) is 30.9 Å². The predicted molar refractivity (Wildman–Crippen MR) is 101 cm³/mol. The summed E-state index contributed by atoms with van der Waals surface area (Å²) in [4.78, 5) is 0. The number of nitrogens with two attached hydrogens (primary N) is 1. The molecule has 1 aliphatic carbocycles. The summed E-state index contributed by atoms with van der Waals surface area (Å²) in [7, 11) is 0. The molecule has 0 bridgehead atoms. The standard InChI is InChI=1S/C22H26N2/c1-22(23)14-7-12-21-19(16-22)18-10-5-6-11-20(18)24(21)15-13-17-8-3-2-4-9-17/h2-6,8-11H,7,12-16,23H2,1H3. The molecular formula is C22H26N2. The van der Waals surface area contributed by atoms with Gasteiger partial charge in [0.05, 0.1) is 0 Å².